The zero-order valence-electron chi connectivity index (χ0n) is 8.23. The van der Waals surface area contributed by atoms with E-state index in [1.165, 1.54) is 14.0 Å². The molecule has 0 saturated heterocycles. The van der Waals surface area contributed by atoms with E-state index in [-0.39, 0.29) is 28.0 Å². The molecule has 0 heterocycles. The Morgan fingerprint density at radius 3 is 2.60 bits per heavy atom. The van der Waals surface area contributed by atoms with Crippen molar-refractivity contribution in [2.45, 2.75) is 13.3 Å². The van der Waals surface area contributed by atoms with E-state index in [2.05, 4.69) is 15.9 Å². The lowest BCUT2D eigenvalue weighted by molar-refractivity contribution is -0.116. The monoisotopic (exact) mass is 278 g/mol. The van der Waals surface area contributed by atoms with Crippen molar-refractivity contribution in [1.29, 1.82) is 0 Å². The fourth-order valence-electron chi connectivity index (χ4n) is 1.26. The van der Waals surface area contributed by atoms with Gasteiger partial charge in [-0.15, -0.1) is 0 Å². The highest BCUT2D eigenvalue weighted by atomic mass is 79.9. The van der Waals surface area contributed by atoms with Crippen molar-refractivity contribution in [1.82, 2.24) is 0 Å². The van der Waals surface area contributed by atoms with Gasteiger partial charge in [-0.25, -0.2) is 8.78 Å². The second-order valence-corrected chi connectivity index (χ2v) is 3.90. The zero-order valence-corrected chi connectivity index (χ0v) is 9.82. The van der Waals surface area contributed by atoms with Gasteiger partial charge in [-0.2, -0.15) is 0 Å². The molecule has 5 heteroatoms. The topological polar surface area (TPSA) is 26.3 Å². The molecule has 0 aromatic heterocycles. The Bertz CT molecular complexity index is 405. The fraction of sp³-hybridized carbons (Fsp3) is 0.300. The van der Waals surface area contributed by atoms with Crippen molar-refractivity contribution in [2.24, 2.45) is 0 Å². The summed E-state index contributed by atoms with van der Waals surface area (Å²) in [6, 6.07) is 0.970. The minimum absolute atomic E-state index is 0.0166. The van der Waals surface area contributed by atoms with Crippen LogP contribution in [0, 0.1) is 11.6 Å². The Morgan fingerprint density at radius 1 is 1.53 bits per heavy atom. The molecule has 0 unspecified atom stereocenters. The average Bonchev–Trinajstić information content (AvgIpc) is 2.13. The molecule has 1 rings (SSSR count). The molecule has 0 fully saturated rings. The lowest BCUT2D eigenvalue weighted by Gasteiger charge is -2.10. The largest absolute Gasteiger partial charge is 0.493 e. The summed E-state index contributed by atoms with van der Waals surface area (Å²) in [5.41, 5.74) is -0.0584. The van der Waals surface area contributed by atoms with Crippen LogP contribution in [0.2, 0.25) is 0 Å². The van der Waals surface area contributed by atoms with Crippen molar-refractivity contribution in [3.05, 3.63) is 27.7 Å². The van der Waals surface area contributed by atoms with E-state index >= 15 is 0 Å². The van der Waals surface area contributed by atoms with Crippen LogP contribution in [0.15, 0.2) is 10.5 Å². The predicted octanol–water partition coefficient (Wildman–Crippen LogP) is 2.87. The highest BCUT2D eigenvalue weighted by Gasteiger charge is 2.19. The number of carbonyl (C=O) groups is 1. The normalized spacial score (nSPS) is 10.2. The van der Waals surface area contributed by atoms with E-state index in [4.69, 9.17) is 4.74 Å². The van der Waals surface area contributed by atoms with E-state index in [1.807, 2.05) is 0 Å². The molecule has 0 bridgehead atoms. The highest BCUT2D eigenvalue weighted by molar-refractivity contribution is 9.10. The Kier molecular flexibility index (Phi) is 3.79. The standard InChI is InChI=1S/C10H9BrF2O2/c1-5(14)3-6-9(13)7(11)4-8(12)10(6)15-2/h4H,3H2,1-2H3. The summed E-state index contributed by atoms with van der Waals surface area (Å²) >= 11 is 2.87. The van der Waals surface area contributed by atoms with Crippen LogP contribution in [0.1, 0.15) is 12.5 Å². The Hall–Kier alpha value is -0.970. The number of halogens is 3. The van der Waals surface area contributed by atoms with E-state index < -0.39 is 11.6 Å². The molecule has 0 aliphatic heterocycles. The van der Waals surface area contributed by atoms with Gasteiger partial charge < -0.3 is 4.74 Å². The average molecular weight is 279 g/mol. The lowest BCUT2D eigenvalue weighted by Crippen LogP contribution is -2.05. The van der Waals surface area contributed by atoms with Gasteiger partial charge in [0, 0.05) is 12.0 Å². The quantitative estimate of drug-likeness (QED) is 0.795. The van der Waals surface area contributed by atoms with Crippen molar-refractivity contribution in [3.8, 4) is 5.75 Å². The van der Waals surface area contributed by atoms with Crippen molar-refractivity contribution in [3.63, 3.8) is 0 Å². The van der Waals surface area contributed by atoms with Gasteiger partial charge in [0.1, 0.15) is 11.6 Å². The molecule has 0 aliphatic rings. The van der Waals surface area contributed by atoms with Gasteiger partial charge in [0.05, 0.1) is 11.6 Å². The summed E-state index contributed by atoms with van der Waals surface area (Å²) in [6.45, 7) is 1.30. The maximum Gasteiger partial charge on any atom is 0.166 e. The number of ether oxygens (including phenoxy) is 1. The highest BCUT2D eigenvalue weighted by Crippen LogP contribution is 2.31. The van der Waals surface area contributed by atoms with Gasteiger partial charge in [0.25, 0.3) is 0 Å². The third-order valence-corrected chi connectivity index (χ3v) is 2.43. The van der Waals surface area contributed by atoms with Crippen LogP contribution >= 0.6 is 15.9 Å². The second kappa shape index (κ2) is 4.70. The molecule has 1 aromatic rings. The number of hydrogen-bond donors (Lipinski definition) is 0. The SMILES string of the molecule is COc1c(F)cc(Br)c(F)c1CC(C)=O. The molecule has 2 nitrogen and oxygen atoms in total. The molecule has 0 radical (unpaired) electrons. The van der Waals surface area contributed by atoms with E-state index in [0.29, 0.717) is 0 Å². The summed E-state index contributed by atoms with van der Waals surface area (Å²) in [5.74, 6) is -1.83. The summed E-state index contributed by atoms with van der Waals surface area (Å²) in [5, 5.41) is 0. The van der Waals surface area contributed by atoms with Crippen LogP contribution in [-0.2, 0) is 11.2 Å². The molecule has 0 N–H and O–H groups in total. The molecule has 0 amide bonds. The number of Topliss-reactive ketones (excluding diaryl/α,β-unsaturated/α-hetero) is 1. The fourth-order valence-corrected chi connectivity index (χ4v) is 1.70. The Balaban J connectivity index is 3.36. The first-order valence-electron chi connectivity index (χ1n) is 4.17. The minimum Gasteiger partial charge on any atom is -0.493 e. The van der Waals surface area contributed by atoms with Gasteiger partial charge in [-0.3, -0.25) is 4.79 Å². The molecular weight excluding hydrogens is 270 g/mol. The number of carbonyl (C=O) groups excluding carboxylic acids is 1. The number of methoxy groups -OCH3 is 1. The first-order chi connectivity index (χ1) is 6.97. The third kappa shape index (κ3) is 2.53. The Morgan fingerprint density at radius 2 is 2.13 bits per heavy atom. The molecular formula is C10H9BrF2O2. The van der Waals surface area contributed by atoms with Gasteiger partial charge in [0.15, 0.2) is 11.6 Å². The lowest BCUT2D eigenvalue weighted by atomic mass is 10.1. The first-order valence-corrected chi connectivity index (χ1v) is 4.96. The maximum absolute atomic E-state index is 13.5. The Labute approximate surface area is 94.4 Å². The van der Waals surface area contributed by atoms with Crippen molar-refractivity contribution >= 4 is 21.7 Å². The third-order valence-electron chi connectivity index (χ3n) is 1.85. The molecule has 0 spiro atoms. The number of ketones is 1. The van der Waals surface area contributed by atoms with Gasteiger partial charge in [-0.05, 0) is 28.9 Å². The summed E-state index contributed by atoms with van der Waals surface area (Å²) in [7, 11) is 1.23. The predicted molar refractivity (Wildman–Crippen MR) is 55.0 cm³/mol. The number of rotatable bonds is 3. The van der Waals surface area contributed by atoms with Crippen molar-refractivity contribution < 1.29 is 18.3 Å². The van der Waals surface area contributed by atoms with Crippen LogP contribution in [0.3, 0.4) is 0 Å². The smallest absolute Gasteiger partial charge is 0.166 e. The zero-order chi connectivity index (χ0) is 11.6. The first kappa shape index (κ1) is 12.1. The molecule has 0 saturated carbocycles. The molecule has 0 aliphatic carbocycles. The maximum atomic E-state index is 13.5. The summed E-state index contributed by atoms with van der Waals surface area (Å²) in [4.78, 5) is 10.9. The van der Waals surface area contributed by atoms with Crippen LogP contribution in [0.4, 0.5) is 8.78 Å². The summed E-state index contributed by atoms with van der Waals surface area (Å²) in [6.07, 6.45) is -0.189. The van der Waals surface area contributed by atoms with Crippen molar-refractivity contribution in [2.75, 3.05) is 7.11 Å². The number of benzene rings is 1. The van der Waals surface area contributed by atoms with Gasteiger partial charge in [0.2, 0.25) is 0 Å². The van der Waals surface area contributed by atoms with E-state index in [0.717, 1.165) is 6.07 Å². The second-order valence-electron chi connectivity index (χ2n) is 3.04. The van der Waals surface area contributed by atoms with E-state index in [1.54, 1.807) is 0 Å². The molecule has 1 aromatic carbocycles. The van der Waals surface area contributed by atoms with Gasteiger partial charge in [-0.1, -0.05) is 0 Å². The van der Waals surface area contributed by atoms with Crippen LogP contribution in [0.25, 0.3) is 0 Å². The summed E-state index contributed by atoms with van der Waals surface area (Å²) < 4.78 is 31.6. The molecule has 0 atom stereocenters. The molecule has 15 heavy (non-hydrogen) atoms. The van der Waals surface area contributed by atoms with Crippen LogP contribution < -0.4 is 4.74 Å². The minimum atomic E-state index is -0.693. The van der Waals surface area contributed by atoms with Gasteiger partial charge >= 0.3 is 0 Å². The molecule has 82 valence electrons. The van der Waals surface area contributed by atoms with E-state index in [9.17, 15) is 13.6 Å². The number of hydrogen-bond acceptors (Lipinski definition) is 2. The van der Waals surface area contributed by atoms with Crippen LogP contribution in [0.5, 0.6) is 5.75 Å². The van der Waals surface area contributed by atoms with Crippen LogP contribution in [-0.4, -0.2) is 12.9 Å².